The summed E-state index contributed by atoms with van der Waals surface area (Å²) >= 11 is 3.53. The lowest BCUT2D eigenvalue weighted by molar-refractivity contribution is 0.446. The Bertz CT molecular complexity index is 396. The van der Waals surface area contributed by atoms with Gasteiger partial charge in [-0.25, -0.2) is 4.98 Å². The van der Waals surface area contributed by atoms with Crippen LogP contribution in [0.4, 0.5) is 0 Å². The molecule has 0 atom stereocenters. The van der Waals surface area contributed by atoms with E-state index in [2.05, 4.69) is 36.1 Å². The van der Waals surface area contributed by atoms with Crippen molar-refractivity contribution in [3.63, 3.8) is 0 Å². The van der Waals surface area contributed by atoms with E-state index in [1.807, 2.05) is 18.0 Å². The van der Waals surface area contributed by atoms with E-state index < -0.39 is 0 Å². The molecule has 0 saturated carbocycles. The van der Waals surface area contributed by atoms with Crippen LogP contribution in [-0.4, -0.2) is 21.4 Å². The van der Waals surface area contributed by atoms with E-state index in [9.17, 15) is 0 Å². The van der Waals surface area contributed by atoms with Gasteiger partial charge in [0.25, 0.3) is 0 Å². The molecule has 2 heterocycles. The zero-order valence-corrected chi connectivity index (χ0v) is 11.5. The van der Waals surface area contributed by atoms with E-state index in [1.54, 1.807) is 11.3 Å². The van der Waals surface area contributed by atoms with Gasteiger partial charge in [0.2, 0.25) is 0 Å². The zero-order chi connectivity index (χ0) is 11.6. The van der Waals surface area contributed by atoms with Gasteiger partial charge in [0.15, 0.2) is 5.17 Å². The van der Waals surface area contributed by atoms with Crippen LogP contribution in [0.2, 0.25) is 0 Å². The number of rotatable bonds is 2. The van der Waals surface area contributed by atoms with Crippen LogP contribution < -0.4 is 5.32 Å². The average Bonchev–Trinajstić information content (AvgIpc) is 2.60. The first-order valence-electron chi connectivity index (χ1n) is 5.42. The summed E-state index contributed by atoms with van der Waals surface area (Å²) < 4.78 is 0. The van der Waals surface area contributed by atoms with E-state index in [0.717, 1.165) is 15.9 Å². The minimum Gasteiger partial charge on any atom is -0.360 e. The maximum absolute atomic E-state index is 4.58. The van der Waals surface area contributed by atoms with Gasteiger partial charge in [0.05, 0.1) is 6.54 Å². The van der Waals surface area contributed by atoms with Gasteiger partial charge in [-0.1, -0.05) is 11.8 Å². The maximum atomic E-state index is 4.58. The van der Waals surface area contributed by atoms with Crippen molar-refractivity contribution in [3.05, 3.63) is 16.1 Å². The molecule has 1 fully saturated rings. The SMILES string of the molecule is Cc1cnc(CN=C2NC(C)(C)CCS2)s1. The molecule has 0 unspecified atom stereocenters. The molecule has 0 amide bonds. The second kappa shape index (κ2) is 4.75. The normalized spacial score (nSPS) is 22.1. The Balaban J connectivity index is 1.97. The molecule has 0 aliphatic carbocycles. The molecule has 1 aliphatic rings. The standard InChI is InChI=1S/C11H17N3S2/c1-8-6-12-9(16-8)7-13-10-14-11(2,3)4-5-15-10/h6H,4-5,7H2,1-3H3,(H,13,14). The fourth-order valence-electron chi connectivity index (χ4n) is 1.49. The molecule has 0 spiro atoms. The van der Waals surface area contributed by atoms with Crippen LogP contribution in [0, 0.1) is 6.92 Å². The first-order valence-corrected chi connectivity index (χ1v) is 7.22. The summed E-state index contributed by atoms with van der Waals surface area (Å²) in [7, 11) is 0. The second-order valence-corrected chi connectivity index (χ2v) is 7.00. The lowest BCUT2D eigenvalue weighted by atomic mass is 10.0. The summed E-state index contributed by atoms with van der Waals surface area (Å²) in [6, 6.07) is 0. The van der Waals surface area contributed by atoms with Crippen molar-refractivity contribution in [2.24, 2.45) is 4.99 Å². The quantitative estimate of drug-likeness (QED) is 0.883. The molecule has 1 saturated heterocycles. The molecule has 88 valence electrons. The minimum atomic E-state index is 0.183. The highest BCUT2D eigenvalue weighted by Crippen LogP contribution is 2.22. The zero-order valence-electron chi connectivity index (χ0n) is 9.91. The smallest absolute Gasteiger partial charge is 0.157 e. The molecule has 1 aromatic heterocycles. The predicted molar refractivity (Wildman–Crippen MR) is 72.3 cm³/mol. The topological polar surface area (TPSA) is 37.3 Å². The largest absolute Gasteiger partial charge is 0.360 e. The summed E-state index contributed by atoms with van der Waals surface area (Å²) in [6.07, 6.45) is 3.10. The number of hydrogen-bond donors (Lipinski definition) is 1. The summed E-state index contributed by atoms with van der Waals surface area (Å²) in [5.41, 5.74) is 0.183. The van der Waals surface area contributed by atoms with Crippen molar-refractivity contribution in [2.75, 3.05) is 5.75 Å². The first-order chi connectivity index (χ1) is 7.55. The Kier molecular flexibility index (Phi) is 3.54. The van der Waals surface area contributed by atoms with Gasteiger partial charge in [0, 0.05) is 22.4 Å². The Labute approximate surface area is 105 Å². The molecule has 16 heavy (non-hydrogen) atoms. The van der Waals surface area contributed by atoms with E-state index in [0.29, 0.717) is 6.54 Å². The van der Waals surface area contributed by atoms with Gasteiger partial charge in [-0.2, -0.15) is 0 Å². The number of hydrogen-bond acceptors (Lipinski definition) is 4. The molecule has 0 radical (unpaired) electrons. The lowest BCUT2D eigenvalue weighted by Crippen LogP contribution is -2.46. The fourth-order valence-corrected chi connectivity index (χ4v) is 3.51. The van der Waals surface area contributed by atoms with Gasteiger partial charge in [-0.15, -0.1) is 11.3 Å². The minimum absolute atomic E-state index is 0.183. The molecule has 1 N–H and O–H groups in total. The third-order valence-corrected chi connectivity index (χ3v) is 4.25. The van der Waals surface area contributed by atoms with Crippen LogP contribution in [0.15, 0.2) is 11.2 Å². The van der Waals surface area contributed by atoms with E-state index in [-0.39, 0.29) is 5.54 Å². The van der Waals surface area contributed by atoms with E-state index in [4.69, 9.17) is 0 Å². The van der Waals surface area contributed by atoms with E-state index in [1.165, 1.54) is 11.3 Å². The molecule has 0 aromatic carbocycles. The van der Waals surface area contributed by atoms with Gasteiger partial charge < -0.3 is 5.32 Å². The third kappa shape index (κ3) is 3.22. The summed E-state index contributed by atoms with van der Waals surface area (Å²) in [4.78, 5) is 10.1. The Hall–Kier alpha value is -0.550. The highest BCUT2D eigenvalue weighted by atomic mass is 32.2. The van der Waals surface area contributed by atoms with Crippen LogP contribution >= 0.6 is 23.1 Å². The summed E-state index contributed by atoms with van der Waals surface area (Å²) in [6.45, 7) is 7.21. The number of amidine groups is 1. The Morgan fingerprint density at radius 3 is 3.00 bits per heavy atom. The van der Waals surface area contributed by atoms with E-state index >= 15 is 0 Å². The monoisotopic (exact) mass is 255 g/mol. The van der Waals surface area contributed by atoms with Crippen LogP contribution in [0.1, 0.15) is 30.2 Å². The van der Waals surface area contributed by atoms with Crippen molar-refractivity contribution < 1.29 is 0 Å². The van der Waals surface area contributed by atoms with Gasteiger partial charge in [-0.3, -0.25) is 4.99 Å². The molecular weight excluding hydrogens is 238 g/mol. The van der Waals surface area contributed by atoms with Crippen molar-refractivity contribution in [3.8, 4) is 0 Å². The molecule has 0 bridgehead atoms. The number of nitrogens with one attached hydrogen (secondary N) is 1. The molecule has 3 nitrogen and oxygen atoms in total. The number of aliphatic imine (C=N–C) groups is 1. The second-order valence-electron chi connectivity index (χ2n) is 4.59. The van der Waals surface area contributed by atoms with Crippen LogP contribution in [0.3, 0.4) is 0 Å². The predicted octanol–water partition coefficient (Wildman–Crippen LogP) is 2.81. The number of aromatic nitrogens is 1. The average molecular weight is 255 g/mol. The Morgan fingerprint density at radius 1 is 1.56 bits per heavy atom. The van der Waals surface area contributed by atoms with Crippen molar-refractivity contribution in [1.29, 1.82) is 0 Å². The first kappa shape index (κ1) is 11.9. The van der Waals surface area contributed by atoms with Gasteiger partial charge in [0.1, 0.15) is 5.01 Å². The molecular formula is C11H17N3S2. The summed E-state index contributed by atoms with van der Waals surface area (Å²) in [5, 5.41) is 5.61. The Morgan fingerprint density at radius 2 is 2.38 bits per heavy atom. The van der Waals surface area contributed by atoms with Crippen LogP contribution in [-0.2, 0) is 6.54 Å². The van der Waals surface area contributed by atoms with Crippen molar-refractivity contribution in [1.82, 2.24) is 10.3 Å². The fraction of sp³-hybridized carbons (Fsp3) is 0.636. The van der Waals surface area contributed by atoms with Crippen LogP contribution in [0.5, 0.6) is 0 Å². The highest BCUT2D eigenvalue weighted by Gasteiger charge is 2.23. The molecule has 1 aromatic rings. The van der Waals surface area contributed by atoms with Gasteiger partial charge >= 0.3 is 0 Å². The number of thioether (sulfide) groups is 1. The van der Waals surface area contributed by atoms with Gasteiger partial charge in [-0.05, 0) is 27.2 Å². The number of thiazole rings is 1. The molecule has 5 heteroatoms. The summed E-state index contributed by atoms with van der Waals surface area (Å²) in [5.74, 6) is 1.15. The van der Waals surface area contributed by atoms with Crippen LogP contribution in [0.25, 0.3) is 0 Å². The lowest BCUT2D eigenvalue weighted by Gasteiger charge is -2.32. The molecule has 1 aliphatic heterocycles. The number of aryl methyl sites for hydroxylation is 1. The maximum Gasteiger partial charge on any atom is 0.157 e. The van der Waals surface area contributed by atoms with Crippen molar-refractivity contribution >= 4 is 28.3 Å². The van der Waals surface area contributed by atoms with Crippen molar-refractivity contribution in [2.45, 2.75) is 39.3 Å². The molecule has 2 rings (SSSR count). The highest BCUT2D eigenvalue weighted by molar-refractivity contribution is 8.13. The third-order valence-electron chi connectivity index (χ3n) is 2.44. The number of nitrogens with zero attached hydrogens (tertiary/aromatic N) is 2.